The van der Waals surface area contributed by atoms with E-state index in [4.69, 9.17) is 0 Å². The first-order valence-electron chi connectivity index (χ1n) is 8.89. The van der Waals surface area contributed by atoms with E-state index in [1.807, 2.05) is 13.8 Å². The normalized spacial score (nSPS) is 17.1. The third kappa shape index (κ3) is 4.80. The van der Waals surface area contributed by atoms with Crippen LogP contribution in [-0.2, 0) is 17.8 Å². The van der Waals surface area contributed by atoms with Crippen molar-refractivity contribution in [2.24, 2.45) is 11.8 Å². The highest BCUT2D eigenvalue weighted by Gasteiger charge is 2.25. The van der Waals surface area contributed by atoms with Gasteiger partial charge in [-0.3, -0.25) is 9.48 Å². The van der Waals surface area contributed by atoms with E-state index < -0.39 is 0 Å². The van der Waals surface area contributed by atoms with E-state index in [1.165, 1.54) is 12.8 Å². The first kappa shape index (κ1) is 18.0. The molecule has 0 saturated heterocycles. The molecule has 0 spiro atoms. The maximum atomic E-state index is 12.4. The second kappa shape index (κ2) is 7.95. The maximum absolute atomic E-state index is 12.4. The summed E-state index contributed by atoms with van der Waals surface area (Å²) in [5.74, 6) is 1.03. The standard InChI is InChI=1S/C18H31N3O2/c1-5-6-12(2)17(11-22)19-18(23)9-16-13(3)20-21(14(16)4)10-15-7-8-15/h12,15,17,22H,5-11H2,1-4H3,(H,19,23). The number of nitrogens with zero attached hydrogens (tertiary/aromatic N) is 2. The minimum Gasteiger partial charge on any atom is -0.394 e. The highest BCUT2D eigenvalue weighted by molar-refractivity contribution is 5.79. The number of hydrogen-bond donors (Lipinski definition) is 2. The minimum atomic E-state index is -0.162. The van der Waals surface area contributed by atoms with E-state index in [1.54, 1.807) is 0 Å². The van der Waals surface area contributed by atoms with Crippen molar-refractivity contribution in [3.8, 4) is 0 Å². The lowest BCUT2D eigenvalue weighted by atomic mass is 9.97. The zero-order chi connectivity index (χ0) is 17.0. The van der Waals surface area contributed by atoms with Gasteiger partial charge in [-0.2, -0.15) is 5.10 Å². The number of carbonyl (C=O) groups is 1. The number of amides is 1. The average Bonchev–Trinajstić information content (AvgIpc) is 3.28. The van der Waals surface area contributed by atoms with Gasteiger partial charge >= 0.3 is 0 Å². The van der Waals surface area contributed by atoms with Crippen molar-refractivity contribution in [3.05, 3.63) is 17.0 Å². The first-order valence-corrected chi connectivity index (χ1v) is 8.89. The predicted molar refractivity (Wildman–Crippen MR) is 91.2 cm³/mol. The first-order chi connectivity index (χ1) is 11.0. The molecule has 0 aromatic carbocycles. The molecule has 0 bridgehead atoms. The molecule has 0 radical (unpaired) electrons. The van der Waals surface area contributed by atoms with Crippen molar-refractivity contribution >= 4 is 5.91 Å². The molecule has 1 aliphatic rings. The highest BCUT2D eigenvalue weighted by Crippen LogP contribution is 2.31. The molecule has 5 nitrogen and oxygen atoms in total. The van der Waals surface area contributed by atoms with E-state index in [-0.39, 0.29) is 24.5 Å². The lowest BCUT2D eigenvalue weighted by Gasteiger charge is -2.23. The van der Waals surface area contributed by atoms with Crippen LogP contribution in [0.1, 0.15) is 56.5 Å². The molecule has 130 valence electrons. The zero-order valence-electron chi connectivity index (χ0n) is 14.9. The van der Waals surface area contributed by atoms with Crippen LogP contribution in [0.2, 0.25) is 0 Å². The van der Waals surface area contributed by atoms with Crippen LogP contribution in [0.15, 0.2) is 0 Å². The van der Waals surface area contributed by atoms with Crippen LogP contribution < -0.4 is 5.32 Å². The van der Waals surface area contributed by atoms with Crippen LogP contribution in [0.3, 0.4) is 0 Å². The topological polar surface area (TPSA) is 67.2 Å². The SMILES string of the molecule is CCCC(C)C(CO)NC(=O)Cc1c(C)nn(CC2CC2)c1C. The Bertz CT molecular complexity index is 535. The molecule has 0 aliphatic heterocycles. The van der Waals surface area contributed by atoms with Crippen LogP contribution in [0.25, 0.3) is 0 Å². The number of aliphatic hydroxyl groups excluding tert-OH is 1. The third-order valence-electron chi connectivity index (χ3n) is 4.97. The van der Waals surface area contributed by atoms with Crippen LogP contribution >= 0.6 is 0 Å². The van der Waals surface area contributed by atoms with Crippen molar-refractivity contribution in [2.45, 2.75) is 72.4 Å². The van der Waals surface area contributed by atoms with Gasteiger partial charge in [-0.05, 0) is 44.9 Å². The Morgan fingerprint density at radius 3 is 2.70 bits per heavy atom. The quantitative estimate of drug-likeness (QED) is 0.734. The highest BCUT2D eigenvalue weighted by atomic mass is 16.3. The molecular formula is C18H31N3O2. The molecule has 1 aromatic heterocycles. The summed E-state index contributed by atoms with van der Waals surface area (Å²) in [6.45, 7) is 9.19. The maximum Gasteiger partial charge on any atom is 0.224 e. The van der Waals surface area contributed by atoms with Gasteiger partial charge in [-0.15, -0.1) is 0 Å². The molecule has 2 unspecified atom stereocenters. The number of rotatable bonds is 9. The third-order valence-corrected chi connectivity index (χ3v) is 4.97. The Balaban J connectivity index is 1.97. The molecule has 1 heterocycles. The Morgan fingerprint density at radius 2 is 2.13 bits per heavy atom. The van der Waals surface area contributed by atoms with Crippen molar-refractivity contribution in [3.63, 3.8) is 0 Å². The molecule has 1 aromatic rings. The summed E-state index contributed by atoms with van der Waals surface area (Å²) in [7, 11) is 0. The van der Waals surface area contributed by atoms with Gasteiger partial charge in [0, 0.05) is 17.8 Å². The van der Waals surface area contributed by atoms with Gasteiger partial charge in [0.1, 0.15) is 0 Å². The number of carbonyl (C=O) groups excluding carboxylic acids is 1. The van der Waals surface area contributed by atoms with Crippen molar-refractivity contribution in [2.75, 3.05) is 6.61 Å². The van der Waals surface area contributed by atoms with Gasteiger partial charge in [0.05, 0.1) is 24.8 Å². The Morgan fingerprint density at radius 1 is 1.43 bits per heavy atom. The molecule has 2 atom stereocenters. The van der Waals surface area contributed by atoms with E-state index in [0.717, 1.165) is 42.3 Å². The van der Waals surface area contributed by atoms with Crippen LogP contribution in [0.4, 0.5) is 0 Å². The number of nitrogens with one attached hydrogen (secondary N) is 1. The monoisotopic (exact) mass is 321 g/mol. The predicted octanol–water partition coefficient (Wildman–Crippen LogP) is 2.37. The van der Waals surface area contributed by atoms with Gasteiger partial charge in [0.2, 0.25) is 5.91 Å². The molecule has 1 saturated carbocycles. The number of hydrogen-bond acceptors (Lipinski definition) is 3. The van der Waals surface area contributed by atoms with Crippen LogP contribution in [-0.4, -0.2) is 33.4 Å². The molecular weight excluding hydrogens is 290 g/mol. The molecule has 2 N–H and O–H groups in total. The fourth-order valence-corrected chi connectivity index (χ4v) is 3.16. The van der Waals surface area contributed by atoms with E-state index >= 15 is 0 Å². The van der Waals surface area contributed by atoms with Gasteiger partial charge in [0.25, 0.3) is 0 Å². The smallest absolute Gasteiger partial charge is 0.224 e. The fraction of sp³-hybridized carbons (Fsp3) is 0.778. The summed E-state index contributed by atoms with van der Waals surface area (Å²) >= 11 is 0. The lowest BCUT2D eigenvalue weighted by molar-refractivity contribution is -0.121. The second-order valence-electron chi connectivity index (χ2n) is 7.07. The van der Waals surface area contributed by atoms with Crippen molar-refractivity contribution < 1.29 is 9.90 Å². The second-order valence-corrected chi connectivity index (χ2v) is 7.07. The Hall–Kier alpha value is -1.36. The van der Waals surface area contributed by atoms with Gasteiger partial charge < -0.3 is 10.4 Å². The summed E-state index contributed by atoms with van der Waals surface area (Å²) in [6, 6.07) is -0.162. The van der Waals surface area contributed by atoms with Gasteiger partial charge in [0.15, 0.2) is 0 Å². The zero-order valence-corrected chi connectivity index (χ0v) is 14.9. The van der Waals surface area contributed by atoms with E-state index in [0.29, 0.717) is 6.42 Å². The van der Waals surface area contributed by atoms with Gasteiger partial charge in [-0.25, -0.2) is 0 Å². The molecule has 1 aliphatic carbocycles. The summed E-state index contributed by atoms with van der Waals surface area (Å²) < 4.78 is 2.05. The average molecular weight is 321 g/mol. The van der Waals surface area contributed by atoms with Crippen molar-refractivity contribution in [1.29, 1.82) is 0 Å². The molecule has 5 heteroatoms. The minimum absolute atomic E-state index is 0.00812. The van der Waals surface area contributed by atoms with Gasteiger partial charge in [-0.1, -0.05) is 20.3 Å². The molecule has 1 fully saturated rings. The Kier molecular flexibility index (Phi) is 6.22. The molecule has 1 amide bonds. The van der Waals surface area contributed by atoms with Crippen molar-refractivity contribution in [1.82, 2.24) is 15.1 Å². The lowest BCUT2D eigenvalue weighted by Crippen LogP contribution is -2.42. The molecule has 2 rings (SSSR count). The summed E-state index contributed by atoms with van der Waals surface area (Å²) in [5, 5.41) is 17.1. The van der Waals surface area contributed by atoms with E-state index in [9.17, 15) is 9.90 Å². The van der Waals surface area contributed by atoms with Crippen LogP contribution in [0.5, 0.6) is 0 Å². The van der Waals surface area contributed by atoms with E-state index in [2.05, 4.69) is 28.9 Å². The van der Waals surface area contributed by atoms with Crippen LogP contribution in [0, 0.1) is 25.7 Å². The number of aryl methyl sites for hydroxylation is 1. The summed E-state index contributed by atoms with van der Waals surface area (Å²) in [6.07, 6.45) is 4.99. The summed E-state index contributed by atoms with van der Waals surface area (Å²) in [5.41, 5.74) is 3.08. The summed E-state index contributed by atoms with van der Waals surface area (Å²) in [4.78, 5) is 12.4. The number of aliphatic hydroxyl groups is 1. The largest absolute Gasteiger partial charge is 0.394 e. The Labute approximate surface area is 139 Å². The number of aromatic nitrogens is 2. The fourth-order valence-electron chi connectivity index (χ4n) is 3.16. The molecule has 23 heavy (non-hydrogen) atoms.